The van der Waals surface area contributed by atoms with Gasteiger partial charge in [0, 0.05) is 31.0 Å². The van der Waals surface area contributed by atoms with Crippen LogP contribution in [0.4, 0.5) is 26.3 Å². The first-order valence-corrected chi connectivity index (χ1v) is 10.1. The van der Waals surface area contributed by atoms with Crippen LogP contribution in [0.1, 0.15) is 39.9 Å². The molecule has 0 aliphatic carbocycles. The van der Waals surface area contributed by atoms with Crippen molar-refractivity contribution in [3.63, 3.8) is 0 Å². The zero-order chi connectivity index (χ0) is 23.8. The standard InChI is InChI=1S/C21H15Cl2F6NO2/c22-17-2-1-11(6-18(17)23)5-15-10-16(31)3-4-30(15)19(32)12-7-13(20(24,25)26)9-14(8-12)21(27,28)29/h1-2,6-9,15H,3-5,10H2. The highest BCUT2D eigenvalue weighted by Crippen LogP contribution is 2.37. The number of rotatable bonds is 3. The van der Waals surface area contributed by atoms with Crippen molar-refractivity contribution in [3.8, 4) is 0 Å². The lowest BCUT2D eigenvalue weighted by Crippen LogP contribution is -2.47. The Kier molecular flexibility index (Phi) is 6.81. The molecule has 172 valence electrons. The number of halogens is 8. The first-order valence-electron chi connectivity index (χ1n) is 9.32. The zero-order valence-corrected chi connectivity index (χ0v) is 17.7. The van der Waals surface area contributed by atoms with E-state index in [1.165, 1.54) is 12.1 Å². The van der Waals surface area contributed by atoms with Crippen LogP contribution in [0.15, 0.2) is 36.4 Å². The second kappa shape index (κ2) is 8.94. The van der Waals surface area contributed by atoms with E-state index < -0.39 is 41.0 Å². The van der Waals surface area contributed by atoms with Gasteiger partial charge in [-0.2, -0.15) is 26.3 Å². The summed E-state index contributed by atoms with van der Waals surface area (Å²) >= 11 is 11.9. The lowest BCUT2D eigenvalue weighted by atomic mass is 9.93. The van der Waals surface area contributed by atoms with Crippen molar-refractivity contribution in [1.82, 2.24) is 4.90 Å². The number of likely N-dealkylation sites (tertiary alicyclic amines) is 1. The summed E-state index contributed by atoms with van der Waals surface area (Å²) < 4.78 is 79.0. The molecule has 1 amide bonds. The molecular formula is C21H15Cl2F6NO2. The molecule has 0 aromatic heterocycles. The first kappa shape index (κ1) is 24.4. The molecule has 11 heteroatoms. The van der Waals surface area contributed by atoms with E-state index in [-0.39, 0.29) is 47.7 Å². The van der Waals surface area contributed by atoms with Gasteiger partial charge in [-0.25, -0.2) is 0 Å². The van der Waals surface area contributed by atoms with Crippen molar-refractivity contribution >= 4 is 34.9 Å². The quantitative estimate of drug-likeness (QED) is 0.457. The monoisotopic (exact) mass is 497 g/mol. The predicted octanol–water partition coefficient (Wildman–Crippen LogP) is 6.45. The van der Waals surface area contributed by atoms with Crippen LogP contribution in [-0.2, 0) is 23.6 Å². The van der Waals surface area contributed by atoms with Crippen LogP contribution < -0.4 is 0 Å². The molecule has 32 heavy (non-hydrogen) atoms. The first-order chi connectivity index (χ1) is 14.8. The summed E-state index contributed by atoms with van der Waals surface area (Å²) in [7, 11) is 0. The minimum atomic E-state index is -5.08. The zero-order valence-electron chi connectivity index (χ0n) is 16.2. The van der Waals surface area contributed by atoms with Crippen LogP contribution in [0.2, 0.25) is 10.0 Å². The number of carbonyl (C=O) groups is 2. The Morgan fingerprint density at radius 2 is 1.53 bits per heavy atom. The fraction of sp³-hybridized carbons (Fsp3) is 0.333. The van der Waals surface area contributed by atoms with E-state index >= 15 is 0 Å². The van der Waals surface area contributed by atoms with Crippen LogP contribution in [0.25, 0.3) is 0 Å². The Labute approximate surface area is 188 Å². The summed E-state index contributed by atoms with van der Waals surface area (Å²) in [6.07, 6.45) is -10.2. The molecule has 1 unspecified atom stereocenters. The van der Waals surface area contributed by atoms with Gasteiger partial charge in [0.05, 0.1) is 21.2 Å². The minimum absolute atomic E-state index is 0.0380. The van der Waals surface area contributed by atoms with Crippen molar-refractivity contribution < 1.29 is 35.9 Å². The minimum Gasteiger partial charge on any atom is -0.334 e. The second-order valence-corrected chi connectivity index (χ2v) is 8.21. The van der Waals surface area contributed by atoms with Crippen LogP contribution in [-0.4, -0.2) is 29.2 Å². The number of carbonyl (C=O) groups excluding carboxylic acids is 2. The van der Waals surface area contributed by atoms with E-state index in [0.717, 1.165) is 4.90 Å². The maximum absolute atomic E-state index is 13.2. The Bertz CT molecular complexity index is 1020. The van der Waals surface area contributed by atoms with Crippen molar-refractivity contribution in [2.45, 2.75) is 37.7 Å². The van der Waals surface area contributed by atoms with Crippen LogP contribution in [0, 0.1) is 0 Å². The van der Waals surface area contributed by atoms with Crippen LogP contribution >= 0.6 is 23.2 Å². The Hall–Kier alpha value is -2.26. The summed E-state index contributed by atoms with van der Waals surface area (Å²) in [5, 5.41) is 0.517. The largest absolute Gasteiger partial charge is 0.416 e. The van der Waals surface area contributed by atoms with E-state index in [4.69, 9.17) is 23.2 Å². The molecular weight excluding hydrogens is 483 g/mol. The molecule has 3 nitrogen and oxygen atoms in total. The lowest BCUT2D eigenvalue weighted by molar-refractivity contribution is -0.143. The van der Waals surface area contributed by atoms with E-state index in [1.807, 2.05) is 0 Å². The van der Waals surface area contributed by atoms with Crippen LogP contribution in [0.3, 0.4) is 0 Å². The summed E-state index contributed by atoms with van der Waals surface area (Å²) in [6, 6.07) is 4.64. The Balaban J connectivity index is 1.97. The number of amides is 1. The van der Waals surface area contributed by atoms with Gasteiger partial charge in [-0.15, -0.1) is 0 Å². The van der Waals surface area contributed by atoms with Crippen LogP contribution in [0.5, 0.6) is 0 Å². The molecule has 0 saturated carbocycles. The molecule has 0 N–H and O–H groups in total. The SMILES string of the molecule is O=C1CCN(C(=O)c2cc(C(F)(F)F)cc(C(F)(F)F)c2)C(Cc2ccc(Cl)c(Cl)c2)C1. The number of ketones is 1. The molecule has 2 aromatic rings. The number of nitrogens with zero attached hydrogens (tertiary/aromatic N) is 1. The van der Waals surface area contributed by atoms with Crippen molar-refractivity contribution in [2.24, 2.45) is 0 Å². The van der Waals surface area contributed by atoms with E-state index in [9.17, 15) is 35.9 Å². The molecule has 3 rings (SSSR count). The molecule has 0 bridgehead atoms. The number of benzene rings is 2. The predicted molar refractivity (Wildman–Crippen MR) is 106 cm³/mol. The number of piperidine rings is 1. The fourth-order valence-corrected chi connectivity index (χ4v) is 3.86. The topological polar surface area (TPSA) is 37.4 Å². The van der Waals surface area contributed by atoms with Gasteiger partial charge in [0.15, 0.2) is 0 Å². The van der Waals surface area contributed by atoms with Gasteiger partial charge in [0.2, 0.25) is 0 Å². The molecule has 2 aromatic carbocycles. The molecule has 1 atom stereocenters. The summed E-state index contributed by atoms with van der Waals surface area (Å²) in [5.74, 6) is -1.18. The summed E-state index contributed by atoms with van der Waals surface area (Å²) in [5.41, 5.74) is -3.30. The highest BCUT2D eigenvalue weighted by molar-refractivity contribution is 6.42. The summed E-state index contributed by atoms with van der Waals surface area (Å²) in [4.78, 5) is 26.1. The third-order valence-corrected chi connectivity index (χ3v) is 5.83. The number of alkyl halides is 6. The van der Waals surface area contributed by atoms with Gasteiger partial charge < -0.3 is 4.90 Å². The Morgan fingerprint density at radius 3 is 2.06 bits per heavy atom. The maximum atomic E-state index is 13.2. The fourth-order valence-electron chi connectivity index (χ4n) is 3.54. The van der Waals surface area contributed by atoms with Gasteiger partial charge in [0.1, 0.15) is 5.78 Å². The third-order valence-electron chi connectivity index (χ3n) is 5.09. The van der Waals surface area contributed by atoms with Crippen molar-refractivity contribution in [2.75, 3.05) is 6.54 Å². The van der Waals surface area contributed by atoms with Crippen molar-refractivity contribution in [3.05, 3.63) is 68.7 Å². The number of Topliss-reactive ketones (excluding diaryl/α,β-unsaturated/α-hetero) is 1. The third kappa shape index (κ3) is 5.56. The molecule has 1 saturated heterocycles. The lowest BCUT2D eigenvalue weighted by Gasteiger charge is -2.35. The second-order valence-electron chi connectivity index (χ2n) is 7.39. The van der Waals surface area contributed by atoms with Gasteiger partial charge in [-0.1, -0.05) is 29.3 Å². The highest BCUT2D eigenvalue weighted by Gasteiger charge is 2.39. The average molecular weight is 498 g/mol. The maximum Gasteiger partial charge on any atom is 0.416 e. The molecule has 1 heterocycles. The Morgan fingerprint density at radius 1 is 0.938 bits per heavy atom. The summed E-state index contributed by atoms with van der Waals surface area (Å²) in [6.45, 7) is -0.124. The molecule has 0 spiro atoms. The van der Waals surface area contributed by atoms with Gasteiger partial charge in [0.25, 0.3) is 5.91 Å². The van der Waals surface area contributed by atoms with Crippen molar-refractivity contribution in [1.29, 1.82) is 0 Å². The van der Waals surface area contributed by atoms with E-state index in [2.05, 4.69) is 0 Å². The van der Waals surface area contributed by atoms with E-state index in [1.54, 1.807) is 6.07 Å². The molecule has 1 aliphatic heterocycles. The molecule has 1 aliphatic rings. The van der Waals surface area contributed by atoms with Gasteiger partial charge in [-0.05, 0) is 42.3 Å². The van der Waals surface area contributed by atoms with E-state index in [0.29, 0.717) is 17.7 Å². The van der Waals surface area contributed by atoms with Gasteiger partial charge in [-0.3, -0.25) is 9.59 Å². The number of hydrogen-bond acceptors (Lipinski definition) is 2. The molecule has 1 fully saturated rings. The smallest absolute Gasteiger partial charge is 0.334 e. The number of hydrogen-bond donors (Lipinski definition) is 0. The normalized spacial score (nSPS) is 17.6. The van der Waals surface area contributed by atoms with Gasteiger partial charge >= 0.3 is 12.4 Å². The molecule has 0 radical (unpaired) electrons. The highest BCUT2D eigenvalue weighted by atomic mass is 35.5. The average Bonchev–Trinajstić information content (AvgIpc) is 2.69.